The van der Waals surface area contributed by atoms with Crippen LogP contribution in [0, 0.1) is 0 Å². The molecule has 4 nitrogen and oxygen atoms in total. The standard InChI is InChI=1S/C14H18ClF2N3O.HI/c1-3-7-19-14(18-4-2)20-9-10-8-11(15)5-6-12(10)21-13(16)17;/h3,5-6,8,13H,1,4,7,9H2,2H3,(H2,18,19,20);1H. The van der Waals surface area contributed by atoms with E-state index in [1.807, 2.05) is 6.92 Å². The number of ether oxygens (including phenoxy) is 1. The topological polar surface area (TPSA) is 45.7 Å². The van der Waals surface area contributed by atoms with E-state index in [2.05, 4.69) is 26.9 Å². The van der Waals surface area contributed by atoms with Crippen LogP contribution in [0.15, 0.2) is 35.8 Å². The van der Waals surface area contributed by atoms with E-state index in [1.165, 1.54) is 12.1 Å². The molecule has 22 heavy (non-hydrogen) atoms. The van der Waals surface area contributed by atoms with Crippen LogP contribution in [-0.4, -0.2) is 25.7 Å². The molecule has 0 bridgehead atoms. The van der Waals surface area contributed by atoms with Crippen LogP contribution in [0.5, 0.6) is 5.75 Å². The molecule has 0 atom stereocenters. The first kappa shape index (κ1) is 20.9. The highest BCUT2D eigenvalue weighted by molar-refractivity contribution is 14.0. The minimum Gasteiger partial charge on any atom is -0.434 e. The minimum absolute atomic E-state index is 0. The van der Waals surface area contributed by atoms with E-state index in [9.17, 15) is 8.78 Å². The SMILES string of the molecule is C=CCNC(=NCc1cc(Cl)ccc1OC(F)F)NCC.I. The molecule has 0 saturated carbocycles. The van der Waals surface area contributed by atoms with Crippen molar-refractivity contribution >= 4 is 41.5 Å². The molecule has 0 saturated heterocycles. The molecule has 0 unspecified atom stereocenters. The van der Waals surface area contributed by atoms with E-state index in [0.717, 1.165) is 0 Å². The van der Waals surface area contributed by atoms with Crippen LogP contribution in [0.2, 0.25) is 5.02 Å². The summed E-state index contributed by atoms with van der Waals surface area (Å²) in [5.74, 6) is 0.623. The van der Waals surface area contributed by atoms with Gasteiger partial charge in [-0.15, -0.1) is 30.6 Å². The summed E-state index contributed by atoms with van der Waals surface area (Å²) in [4.78, 5) is 4.29. The number of aliphatic imine (C=N–C) groups is 1. The molecule has 0 spiro atoms. The third-order valence-corrected chi connectivity index (χ3v) is 2.64. The Balaban J connectivity index is 0.00000441. The zero-order chi connectivity index (χ0) is 15.7. The van der Waals surface area contributed by atoms with E-state index in [0.29, 0.717) is 29.6 Å². The monoisotopic (exact) mass is 445 g/mol. The van der Waals surface area contributed by atoms with Gasteiger partial charge in [-0.25, -0.2) is 4.99 Å². The summed E-state index contributed by atoms with van der Waals surface area (Å²) >= 11 is 5.88. The zero-order valence-electron chi connectivity index (χ0n) is 12.1. The van der Waals surface area contributed by atoms with Gasteiger partial charge in [-0.1, -0.05) is 17.7 Å². The molecule has 0 heterocycles. The van der Waals surface area contributed by atoms with Gasteiger partial charge >= 0.3 is 6.61 Å². The quantitative estimate of drug-likeness (QED) is 0.290. The molecule has 0 amide bonds. The predicted molar refractivity (Wildman–Crippen MR) is 96.5 cm³/mol. The second-order valence-electron chi connectivity index (χ2n) is 4.00. The summed E-state index contributed by atoms with van der Waals surface area (Å²) in [6, 6.07) is 4.46. The normalized spacial score (nSPS) is 10.9. The molecule has 124 valence electrons. The summed E-state index contributed by atoms with van der Waals surface area (Å²) in [6.07, 6.45) is 1.69. The van der Waals surface area contributed by atoms with Crippen molar-refractivity contribution in [1.29, 1.82) is 0 Å². The first-order valence-corrected chi connectivity index (χ1v) is 6.81. The Kier molecular flexibility index (Phi) is 10.9. The van der Waals surface area contributed by atoms with Gasteiger partial charge < -0.3 is 15.4 Å². The van der Waals surface area contributed by atoms with Crippen molar-refractivity contribution in [2.75, 3.05) is 13.1 Å². The van der Waals surface area contributed by atoms with Gasteiger partial charge in [0, 0.05) is 23.7 Å². The summed E-state index contributed by atoms with van der Waals surface area (Å²) in [5, 5.41) is 6.48. The van der Waals surface area contributed by atoms with Crippen molar-refractivity contribution in [3.05, 3.63) is 41.4 Å². The van der Waals surface area contributed by atoms with Crippen molar-refractivity contribution in [2.45, 2.75) is 20.1 Å². The third kappa shape index (κ3) is 7.79. The smallest absolute Gasteiger partial charge is 0.387 e. The van der Waals surface area contributed by atoms with E-state index < -0.39 is 6.61 Å². The Labute approximate surface area is 151 Å². The van der Waals surface area contributed by atoms with Crippen LogP contribution in [-0.2, 0) is 6.54 Å². The van der Waals surface area contributed by atoms with Crippen LogP contribution in [0.1, 0.15) is 12.5 Å². The van der Waals surface area contributed by atoms with Gasteiger partial charge in [0.1, 0.15) is 5.75 Å². The highest BCUT2D eigenvalue weighted by Crippen LogP contribution is 2.25. The first-order valence-electron chi connectivity index (χ1n) is 6.43. The molecule has 0 fully saturated rings. The van der Waals surface area contributed by atoms with Crippen LogP contribution < -0.4 is 15.4 Å². The molecule has 0 aliphatic carbocycles. The van der Waals surface area contributed by atoms with E-state index >= 15 is 0 Å². The van der Waals surface area contributed by atoms with Crippen molar-refractivity contribution in [1.82, 2.24) is 10.6 Å². The number of halogens is 4. The van der Waals surface area contributed by atoms with Gasteiger partial charge in [-0.3, -0.25) is 0 Å². The largest absolute Gasteiger partial charge is 0.434 e. The number of nitrogens with zero attached hydrogens (tertiary/aromatic N) is 1. The second-order valence-corrected chi connectivity index (χ2v) is 4.43. The van der Waals surface area contributed by atoms with Gasteiger partial charge in [-0.2, -0.15) is 8.78 Å². The molecule has 1 aromatic rings. The molecule has 0 aliphatic heterocycles. The Morgan fingerprint density at radius 2 is 2.18 bits per heavy atom. The maximum Gasteiger partial charge on any atom is 0.387 e. The third-order valence-electron chi connectivity index (χ3n) is 2.40. The first-order chi connectivity index (χ1) is 10.1. The van der Waals surface area contributed by atoms with Gasteiger partial charge in [-0.05, 0) is 25.1 Å². The minimum atomic E-state index is -2.89. The van der Waals surface area contributed by atoms with Crippen LogP contribution in [0.4, 0.5) is 8.78 Å². The fraction of sp³-hybridized carbons (Fsp3) is 0.357. The average Bonchev–Trinajstić information content (AvgIpc) is 2.44. The van der Waals surface area contributed by atoms with Gasteiger partial charge in [0.25, 0.3) is 0 Å². The number of rotatable bonds is 7. The Hall–Kier alpha value is -1.09. The average molecular weight is 446 g/mol. The van der Waals surface area contributed by atoms with Crippen LogP contribution >= 0.6 is 35.6 Å². The van der Waals surface area contributed by atoms with E-state index in [1.54, 1.807) is 12.1 Å². The molecular formula is C14H19ClF2IN3O. The second kappa shape index (κ2) is 11.5. The number of hydrogen-bond donors (Lipinski definition) is 2. The van der Waals surface area contributed by atoms with Crippen LogP contribution in [0.3, 0.4) is 0 Å². The molecular weight excluding hydrogens is 427 g/mol. The lowest BCUT2D eigenvalue weighted by Gasteiger charge is -2.12. The molecule has 0 aliphatic rings. The highest BCUT2D eigenvalue weighted by atomic mass is 127. The van der Waals surface area contributed by atoms with Gasteiger partial charge in [0.05, 0.1) is 6.54 Å². The van der Waals surface area contributed by atoms with Crippen LogP contribution in [0.25, 0.3) is 0 Å². The summed E-state index contributed by atoms with van der Waals surface area (Å²) < 4.78 is 29.2. The summed E-state index contributed by atoms with van der Waals surface area (Å²) in [6.45, 7) is 4.03. The number of nitrogens with one attached hydrogen (secondary N) is 2. The Morgan fingerprint density at radius 3 is 2.77 bits per heavy atom. The summed E-state index contributed by atoms with van der Waals surface area (Å²) in [5.41, 5.74) is 0.485. The molecule has 8 heteroatoms. The molecule has 0 aromatic heterocycles. The molecule has 2 N–H and O–H groups in total. The van der Waals surface area contributed by atoms with E-state index in [-0.39, 0.29) is 36.3 Å². The van der Waals surface area contributed by atoms with Crippen molar-refractivity contribution < 1.29 is 13.5 Å². The number of benzene rings is 1. The fourth-order valence-electron chi connectivity index (χ4n) is 1.56. The lowest BCUT2D eigenvalue weighted by molar-refractivity contribution is -0.0504. The number of guanidine groups is 1. The Morgan fingerprint density at radius 1 is 1.45 bits per heavy atom. The molecule has 1 rings (SSSR count). The van der Waals surface area contributed by atoms with Crippen molar-refractivity contribution in [2.24, 2.45) is 4.99 Å². The summed E-state index contributed by atoms with van der Waals surface area (Å²) in [7, 11) is 0. The predicted octanol–water partition coefficient (Wildman–Crippen LogP) is 3.80. The van der Waals surface area contributed by atoms with E-state index in [4.69, 9.17) is 11.6 Å². The lowest BCUT2D eigenvalue weighted by atomic mass is 10.2. The Bertz CT molecular complexity index is 501. The van der Waals surface area contributed by atoms with Crippen molar-refractivity contribution in [3.8, 4) is 5.75 Å². The fourth-order valence-corrected chi connectivity index (χ4v) is 1.75. The maximum atomic E-state index is 12.4. The maximum absolute atomic E-state index is 12.4. The lowest BCUT2D eigenvalue weighted by Crippen LogP contribution is -2.37. The highest BCUT2D eigenvalue weighted by Gasteiger charge is 2.10. The van der Waals surface area contributed by atoms with Gasteiger partial charge in [0.2, 0.25) is 0 Å². The van der Waals surface area contributed by atoms with Gasteiger partial charge in [0.15, 0.2) is 5.96 Å². The molecule has 1 aromatic carbocycles. The number of alkyl halides is 2. The number of hydrogen-bond acceptors (Lipinski definition) is 2. The molecule has 0 radical (unpaired) electrons. The van der Waals surface area contributed by atoms with Crippen molar-refractivity contribution in [3.63, 3.8) is 0 Å². The zero-order valence-corrected chi connectivity index (χ0v) is 15.2.